The minimum atomic E-state index is -0.306. The standard InChI is InChI=1S/C26H31N7O/c1-16-7-5-6-8-21(16)25-18(3)33(4)15-23(25)31-26(34)32-24-12-19(13-27)22(14-29-24)30-20-9-10-28-17(2)11-20/h5-14,18,23,25,27H,15H2,1-4H3,(H,28,30)(H2,29,31,32,34)/t18-,23+,25-/m0/s1. The number of nitrogens with one attached hydrogen (secondary N) is 4. The van der Waals surface area contributed by atoms with Crippen LogP contribution in [0.4, 0.5) is 22.0 Å². The monoisotopic (exact) mass is 457 g/mol. The van der Waals surface area contributed by atoms with E-state index in [0.717, 1.165) is 17.9 Å². The molecule has 0 unspecified atom stereocenters. The summed E-state index contributed by atoms with van der Waals surface area (Å²) < 4.78 is 0. The second kappa shape index (κ2) is 10.0. The number of hydrogen-bond donors (Lipinski definition) is 4. The van der Waals surface area contributed by atoms with Crippen molar-refractivity contribution in [1.82, 2.24) is 20.2 Å². The second-order valence-electron chi connectivity index (χ2n) is 8.88. The largest absolute Gasteiger partial charge is 0.354 e. The van der Waals surface area contributed by atoms with Crippen molar-refractivity contribution < 1.29 is 4.79 Å². The maximum absolute atomic E-state index is 12.9. The lowest BCUT2D eigenvalue weighted by molar-refractivity contribution is 0.247. The van der Waals surface area contributed by atoms with E-state index in [1.54, 1.807) is 18.5 Å². The molecule has 1 fully saturated rings. The van der Waals surface area contributed by atoms with Crippen molar-refractivity contribution in [2.24, 2.45) is 0 Å². The quantitative estimate of drug-likeness (QED) is 0.410. The van der Waals surface area contributed by atoms with Gasteiger partial charge in [0.1, 0.15) is 5.82 Å². The SMILES string of the molecule is Cc1cc(Nc2cnc(NC(=O)N[C@@H]3CN(C)[C@@H](C)[C@H]3c3ccccc3C)cc2C=N)ccn1. The van der Waals surface area contributed by atoms with Gasteiger partial charge in [0.05, 0.1) is 17.9 Å². The lowest BCUT2D eigenvalue weighted by atomic mass is 9.86. The number of likely N-dealkylation sites (tertiary alicyclic amines) is 1. The Bertz CT molecular complexity index is 1200. The number of aryl methyl sites for hydroxylation is 2. The summed E-state index contributed by atoms with van der Waals surface area (Å²) in [4.78, 5) is 23.7. The molecule has 0 bridgehead atoms. The van der Waals surface area contributed by atoms with Gasteiger partial charge in [-0.15, -0.1) is 0 Å². The number of urea groups is 1. The van der Waals surface area contributed by atoms with Crippen LogP contribution >= 0.6 is 0 Å². The Labute approximate surface area is 200 Å². The van der Waals surface area contributed by atoms with Gasteiger partial charge in [0.25, 0.3) is 0 Å². The predicted molar refractivity (Wildman–Crippen MR) is 136 cm³/mol. The minimum Gasteiger partial charge on any atom is -0.354 e. The molecule has 1 saturated heterocycles. The van der Waals surface area contributed by atoms with Crippen molar-refractivity contribution in [3.05, 3.63) is 77.2 Å². The lowest BCUT2D eigenvalue weighted by Crippen LogP contribution is -2.42. The fourth-order valence-corrected chi connectivity index (χ4v) is 4.64. The second-order valence-corrected chi connectivity index (χ2v) is 8.88. The van der Waals surface area contributed by atoms with Crippen LogP contribution in [0, 0.1) is 19.3 Å². The van der Waals surface area contributed by atoms with Gasteiger partial charge in [0, 0.05) is 47.9 Å². The Morgan fingerprint density at radius 2 is 1.97 bits per heavy atom. The number of likely N-dealkylation sites (N-methyl/N-ethyl adjacent to an activating group) is 1. The Morgan fingerprint density at radius 1 is 1.18 bits per heavy atom. The highest BCUT2D eigenvalue weighted by molar-refractivity contribution is 5.92. The predicted octanol–water partition coefficient (Wildman–Crippen LogP) is 4.44. The Morgan fingerprint density at radius 3 is 2.71 bits per heavy atom. The number of carbonyl (C=O) groups excluding carboxylic acids is 1. The van der Waals surface area contributed by atoms with Crippen molar-refractivity contribution in [2.75, 3.05) is 24.2 Å². The molecule has 3 atom stereocenters. The molecule has 2 aromatic heterocycles. The number of aromatic nitrogens is 2. The van der Waals surface area contributed by atoms with Crippen LogP contribution in [0.25, 0.3) is 0 Å². The molecule has 4 N–H and O–H groups in total. The molecule has 1 aliphatic rings. The normalized spacial score (nSPS) is 20.1. The van der Waals surface area contributed by atoms with Crippen LogP contribution < -0.4 is 16.0 Å². The molecule has 3 heterocycles. The van der Waals surface area contributed by atoms with E-state index in [2.05, 4.69) is 69.9 Å². The van der Waals surface area contributed by atoms with Crippen molar-refractivity contribution in [2.45, 2.75) is 38.8 Å². The number of pyridine rings is 2. The summed E-state index contributed by atoms with van der Waals surface area (Å²) in [6.07, 6.45) is 4.58. The molecule has 0 saturated carbocycles. The number of benzene rings is 1. The van der Waals surface area contributed by atoms with Gasteiger partial charge in [-0.3, -0.25) is 10.3 Å². The number of carbonyl (C=O) groups is 1. The third-order valence-corrected chi connectivity index (χ3v) is 6.51. The Balaban J connectivity index is 1.47. The summed E-state index contributed by atoms with van der Waals surface area (Å²) in [5, 5.41) is 17.0. The summed E-state index contributed by atoms with van der Waals surface area (Å²) in [6, 6.07) is 13.8. The third kappa shape index (κ3) is 5.07. The molecule has 1 aliphatic heterocycles. The van der Waals surface area contributed by atoms with E-state index in [-0.39, 0.29) is 18.0 Å². The first kappa shape index (κ1) is 23.4. The van der Waals surface area contributed by atoms with Gasteiger partial charge in [0.2, 0.25) is 0 Å². The van der Waals surface area contributed by atoms with Gasteiger partial charge in [-0.2, -0.15) is 0 Å². The fraction of sp³-hybridized carbons (Fsp3) is 0.308. The maximum atomic E-state index is 12.9. The highest BCUT2D eigenvalue weighted by Gasteiger charge is 2.39. The van der Waals surface area contributed by atoms with Crippen molar-refractivity contribution in [3.8, 4) is 0 Å². The zero-order valence-corrected chi connectivity index (χ0v) is 20.0. The van der Waals surface area contributed by atoms with Gasteiger partial charge >= 0.3 is 6.03 Å². The molecule has 0 radical (unpaired) electrons. The topological polar surface area (TPSA) is 106 Å². The molecule has 3 aromatic rings. The maximum Gasteiger partial charge on any atom is 0.320 e. The molecule has 0 spiro atoms. The minimum absolute atomic E-state index is 0.0285. The zero-order chi connectivity index (χ0) is 24.2. The first-order chi connectivity index (χ1) is 16.4. The first-order valence-electron chi connectivity index (χ1n) is 11.4. The number of amides is 2. The van der Waals surface area contributed by atoms with E-state index >= 15 is 0 Å². The van der Waals surface area contributed by atoms with Crippen molar-refractivity contribution in [1.29, 1.82) is 5.41 Å². The van der Waals surface area contributed by atoms with Gasteiger partial charge in [-0.25, -0.2) is 9.78 Å². The molecule has 8 heteroatoms. The third-order valence-electron chi connectivity index (χ3n) is 6.51. The number of hydrogen-bond acceptors (Lipinski definition) is 6. The lowest BCUT2D eigenvalue weighted by Gasteiger charge is -2.25. The van der Waals surface area contributed by atoms with E-state index in [4.69, 9.17) is 5.41 Å². The number of rotatable bonds is 6. The fourth-order valence-electron chi connectivity index (χ4n) is 4.64. The Hall–Kier alpha value is -3.78. The first-order valence-corrected chi connectivity index (χ1v) is 11.4. The van der Waals surface area contributed by atoms with Crippen LogP contribution in [0.1, 0.15) is 35.2 Å². The van der Waals surface area contributed by atoms with Crippen LogP contribution in [-0.4, -0.2) is 52.8 Å². The number of anilines is 3. The molecule has 176 valence electrons. The van der Waals surface area contributed by atoms with E-state index in [0.29, 0.717) is 23.1 Å². The van der Waals surface area contributed by atoms with Crippen LogP contribution in [0.2, 0.25) is 0 Å². The van der Waals surface area contributed by atoms with Gasteiger partial charge in [-0.1, -0.05) is 24.3 Å². The van der Waals surface area contributed by atoms with Crippen LogP contribution in [0.15, 0.2) is 54.9 Å². The average molecular weight is 458 g/mol. The molecule has 0 aliphatic carbocycles. The van der Waals surface area contributed by atoms with Gasteiger partial charge in [0.15, 0.2) is 0 Å². The summed E-state index contributed by atoms with van der Waals surface area (Å²) >= 11 is 0. The summed E-state index contributed by atoms with van der Waals surface area (Å²) in [5.74, 6) is 0.580. The summed E-state index contributed by atoms with van der Waals surface area (Å²) in [6.45, 7) is 6.99. The van der Waals surface area contributed by atoms with E-state index < -0.39 is 0 Å². The average Bonchev–Trinajstić information content (AvgIpc) is 3.07. The van der Waals surface area contributed by atoms with E-state index in [1.807, 2.05) is 25.1 Å². The highest BCUT2D eigenvalue weighted by Crippen LogP contribution is 2.34. The Kier molecular flexibility index (Phi) is 6.88. The smallest absolute Gasteiger partial charge is 0.320 e. The molecule has 8 nitrogen and oxygen atoms in total. The zero-order valence-electron chi connectivity index (χ0n) is 20.0. The summed E-state index contributed by atoms with van der Waals surface area (Å²) in [7, 11) is 2.09. The van der Waals surface area contributed by atoms with Crippen molar-refractivity contribution >= 4 is 29.4 Å². The van der Waals surface area contributed by atoms with Crippen LogP contribution in [-0.2, 0) is 0 Å². The summed E-state index contributed by atoms with van der Waals surface area (Å²) in [5.41, 5.74) is 5.53. The highest BCUT2D eigenvalue weighted by atomic mass is 16.2. The van der Waals surface area contributed by atoms with Gasteiger partial charge < -0.3 is 20.9 Å². The molecule has 4 rings (SSSR count). The van der Waals surface area contributed by atoms with E-state index in [9.17, 15) is 4.79 Å². The molecule has 34 heavy (non-hydrogen) atoms. The van der Waals surface area contributed by atoms with Crippen LogP contribution in [0.3, 0.4) is 0 Å². The molecular formula is C26H31N7O. The van der Waals surface area contributed by atoms with Crippen molar-refractivity contribution in [3.63, 3.8) is 0 Å². The molecule has 1 aromatic carbocycles. The van der Waals surface area contributed by atoms with Crippen LogP contribution in [0.5, 0.6) is 0 Å². The van der Waals surface area contributed by atoms with E-state index in [1.165, 1.54) is 17.3 Å². The van der Waals surface area contributed by atoms with Gasteiger partial charge in [-0.05, 0) is 57.1 Å². The number of nitrogens with zero attached hydrogens (tertiary/aromatic N) is 3. The molecular weight excluding hydrogens is 426 g/mol. The molecule has 2 amide bonds.